The minimum Gasteiger partial charge on any atom is -0.324 e. The Labute approximate surface area is 202 Å². The zero-order chi connectivity index (χ0) is 23.5. The monoisotopic (exact) mass is 464 g/mol. The number of halogens is 1. The summed E-state index contributed by atoms with van der Waals surface area (Å²) < 4.78 is 0. The molecule has 34 heavy (non-hydrogen) atoms. The first kappa shape index (κ1) is 21.6. The van der Waals surface area contributed by atoms with Crippen molar-refractivity contribution in [1.82, 2.24) is 9.97 Å². The van der Waals surface area contributed by atoms with E-state index < -0.39 is 0 Å². The lowest BCUT2D eigenvalue weighted by Gasteiger charge is -2.12. The maximum Gasteiger partial charge on any atom is 0.255 e. The number of anilines is 3. The summed E-state index contributed by atoms with van der Waals surface area (Å²) in [6.45, 7) is 2.06. The van der Waals surface area contributed by atoms with Crippen molar-refractivity contribution in [1.29, 1.82) is 0 Å². The van der Waals surface area contributed by atoms with Gasteiger partial charge in [0.25, 0.3) is 5.91 Å². The van der Waals surface area contributed by atoms with Crippen LogP contribution in [0.4, 0.5) is 17.3 Å². The van der Waals surface area contributed by atoms with E-state index in [0.29, 0.717) is 22.2 Å². The molecule has 0 saturated heterocycles. The second-order valence-corrected chi connectivity index (χ2v) is 8.38. The third-order valence-corrected chi connectivity index (χ3v) is 5.66. The molecule has 0 radical (unpaired) electrons. The molecule has 5 nitrogen and oxygen atoms in total. The molecule has 0 aliphatic rings. The summed E-state index contributed by atoms with van der Waals surface area (Å²) in [7, 11) is 0. The van der Waals surface area contributed by atoms with E-state index in [1.807, 2.05) is 54.6 Å². The number of nitrogens with zero attached hydrogens (tertiary/aromatic N) is 2. The second-order valence-electron chi connectivity index (χ2n) is 7.95. The van der Waals surface area contributed by atoms with E-state index in [4.69, 9.17) is 21.6 Å². The van der Waals surface area contributed by atoms with Crippen LogP contribution >= 0.6 is 11.6 Å². The van der Waals surface area contributed by atoms with Crippen LogP contribution in [0.3, 0.4) is 0 Å². The number of rotatable bonds is 5. The largest absolute Gasteiger partial charge is 0.324 e. The Morgan fingerprint density at radius 3 is 2.24 bits per heavy atom. The minimum atomic E-state index is -0.197. The Morgan fingerprint density at radius 2 is 1.50 bits per heavy atom. The molecule has 4 aromatic carbocycles. The number of amides is 1. The second kappa shape index (κ2) is 9.33. The highest BCUT2D eigenvalue weighted by Crippen LogP contribution is 2.29. The van der Waals surface area contributed by atoms with Crippen LogP contribution < -0.4 is 10.6 Å². The lowest BCUT2D eigenvalue weighted by Crippen LogP contribution is -2.11. The number of fused-ring (bicyclic) bond motifs is 1. The van der Waals surface area contributed by atoms with E-state index in [2.05, 4.69) is 23.6 Å². The van der Waals surface area contributed by atoms with Crippen LogP contribution in [0.1, 0.15) is 15.9 Å². The van der Waals surface area contributed by atoms with Crippen LogP contribution in [0.25, 0.3) is 22.2 Å². The number of benzene rings is 4. The summed E-state index contributed by atoms with van der Waals surface area (Å²) in [5.74, 6) is 0.297. The van der Waals surface area contributed by atoms with E-state index in [1.165, 1.54) is 0 Å². The molecule has 166 valence electrons. The van der Waals surface area contributed by atoms with Gasteiger partial charge in [0.15, 0.2) is 0 Å². The quantitative estimate of drug-likeness (QED) is 0.287. The molecule has 0 fully saturated rings. The molecule has 0 aliphatic carbocycles. The summed E-state index contributed by atoms with van der Waals surface area (Å²) in [5.41, 5.74) is 5.93. The van der Waals surface area contributed by atoms with Gasteiger partial charge in [0.1, 0.15) is 0 Å². The summed E-state index contributed by atoms with van der Waals surface area (Å²) >= 11 is 5.90. The fraction of sp³-hybridized carbons (Fsp3) is 0.0357. The van der Waals surface area contributed by atoms with E-state index in [9.17, 15) is 4.79 Å². The summed E-state index contributed by atoms with van der Waals surface area (Å²) in [6, 6.07) is 30.4. The van der Waals surface area contributed by atoms with E-state index >= 15 is 0 Å². The van der Waals surface area contributed by atoms with Gasteiger partial charge in [-0.25, -0.2) is 9.97 Å². The Morgan fingerprint density at radius 1 is 0.794 bits per heavy atom. The lowest BCUT2D eigenvalue weighted by molar-refractivity contribution is 0.102. The minimum absolute atomic E-state index is 0.197. The number of carbonyl (C=O) groups excluding carboxylic acids is 1. The molecule has 1 aromatic heterocycles. The molecule has 0 unspecified atom stereocenters. The Hall–Kier alpha value is -4.22. The molecule has 1 heterocycles. The lowest BCUT2D eigenvalue weighted by atomic mass is 10.0. The predicted octanol–water partition coefficient (Wildman–Crippen LogP) is 7.25. The van der Waals surface area contributed by atoms with Crippen molar-refractivity contribution in [2.45, 2.75) is 6.92 Å². The maximum absolute atomic E-state index is 12.6. The fourth-order valence-electron chi connectivity index (χ4n) is 3.68. The normalized spacial score (nSPS) is 10.8. The number of aromatic nitrogens is 2. The van der Waals surface area contributed by atoms with Crippen molar-refractivity contribution in [3.63, 3.8) is 0 Å². The van der Waals surface area contributed by atoms with Crippen LogP contribution in [0.15, 0.2) is 97.1 Å². The van der Waals surface area contributed by atoms with Crippen LogP contribution in [0.2, 0.25) is 5.02 Å². The van der Waals surface area contributed by atoms with E-state index in [0.717, 1.165) is 33.4 Å². The molecular formula is C28H21ClN4O. The summed E-state index contributed by atoms with van der Waals surface area (Å²) in [4.78, 5) is 22.1. The van der Waals surface area contributed by atoms with Crippen molar-refractivity contribution < 1.29 is 4.79 Å². The maximum atomic E-state index is 12.6. The first-order valence-electron chi connectivity index (χ1n) is 10.8. The third-order valence-electron chi connectivity index (χ3n) is 5.40. The first-order valence-corrected chi connectivity index (χ1v) is 11.2. The van der Waals surface area contributed by atoms with Gasteiger partial charge in [-0.3, -0.25) is 4.79 Å². The standard InChI is InChI=1S/C28H21ClN4O/c1-18-7-16-25-24(17-18)26(19-5-3-2-4-6-19)33-28(32-25)31-23-12-8-20(9-13-23)27(34)30-22-14-10-21(29)11-15-22/h2-17H,1H3,(H,30,34)(H,31,32,33). The first-order chi connectivity index (χ1) is 16.5. The van der Waals surface area contributed by atoms with Crippen molar-refractivity contribution in [2.75, 3.05) is 10.6 Å². The van der Waals surface area contributed by atoms with E-state index in [-0.39, 0.29) is 5.91 Å². The average molecular weight is 465 g/mol. The topological polar surface area (TPSA) is 66.9 Å². The van der Waals surface area contributed by atoms with Crippen molar-refractivity contribution in [3.05, 3.63) is 113 Å². The van der Waals surface area contributed by atoms with Gasteiger partial charge in [0, 0.05) is 32.9 Å². The highest BCUT2D eigenvalue weighted by molar-refractivity contribution is 6.30. The van der Waals surface area contributed by atoms with Crippen LogP contribution in [0.5, 0.6) is 0 Å². The molecule has 1 amide bonds. The fourth-order valence-corrected chi connectivity index (χ4v) is 3.81. The number of hydrogen-bond acceptors (Lipinski definition) is 4. The van der Waals surface area contributed by atoms with Gasteiger partial charge < -0.3 is 10.6 Å². The number of nitrogens with one attached hydrogen (secondary N) is 2. The zero-order valence-corrected chi connectivity index (χ0v) is 19.2. The molecule has 0 bridgehead atoms. The van der Waals surface area contributed by atoms with Crippen molar-refractivity contribution in [3.8, 4) is 11.3 Å². The van der Waals surface area contributed by atoms with Crippen LogP contribution in [-0.4, -0.2) is 15.9 Å². The zero-order valence-electron chi connectivity index (χ0n) is 18.4. The van der Waals surface area contributed by atoms with Crippen LogP contribution in [0, 0.1) is 6.92 Å². The summed E-state index contributed by atoms with van der Waals surface area (Å²) in [5, 5.41) is 7.76. The molecule has 0 saturated carbocycles. The van der Waals surface area contributed by atoms with Gasteiger partial charge in [0.2, 0.25) is 5.95 Å². The molecule has 2 N–H and O–H groups in total. The number of aryl methyl sites for hydroxylation is 1. The van der Waals surface area contributed by atoms with Gasteiger partial charge in [-0.15, -0.1) is 0 Å². The SMILES string of the molecule is Cc1ccc2nc(Nc3ccc(C(=O)Nc4ccc(Cl)cc4)cc3)nc(-c3ccccc3)c2c1. The molecule has 5 rings (SSSR count). The van der Waals surface area contributed by atoms with Crippen LogP contribution in [-0.2, 0) is 0 Å². The predicted molar refractivity (Wildman–Crippen MR) is 139 cm³/mol. The molecule has 0 aliphatic heterocycles. The molecule has 0 atom stereocenters. The average Bonchev–Trinajstić information content (AvgIpc) is 2.86. The Kier molecular flexibility index (Phi) is 5.93. The smallest absolute Gasteiger partial charge is 0.255 e. The Bertz CT molecular complexity index is 1470. The van der Waals surface area contributed by atoms with Crippen molar-refractivity contribution >= 4 is 45.7 Å². The summed E-state index contributed by atoms with van der Waals surface area (Å²) in [6.07, 6.45) is 0. The van der Waals surface area contributed by atoms with Gasteiger partial charge in [-0.05, 0) is 67.6 Å². The van der Waals surface area contributed by atoms with Crippen molar-refractivity contribution in [2.24, 2.45) is 0 Å². The molecule has 5 aromatic rings. The van der Waals surface area contributed by atoms with E-state index in [1.54, 1.807) is 36.4 Å². The molecule has 6 heteroatoms. The molecule has 0 spiro atoms. The highest BCUT2D eigenvalue weighted by atomic mass is 35.5. The number of carbonyl (C=O) groups is 1. The van der Waals surface area contributed by atoms with Gasteiger partial charge in [-0.2, -0.15) is 0 Å². The van der Waals surface area contributed by atoms with Gasteiger partial charge in [-0.1, -0.05) is 53.6 Å². The van der Waals surface area contributed by atoms with Gasteiger partial charge in [0.05, 0.1) is 11.2 Å². The molecular weight excluding hydrogens is 444 g/mol. The Balaban J connectivity index is 1.40. The third kappa shape index (κ3) is 4.75. The van der Waals surface area contributed by atoms with Gasteiger partial charge >= 0.3 is 0 Å². The highest BCUT2D eigenvalue weighted by Gasteiger charge is 2.11. The number of hydrogen-bond donors (Lipinski definition) is 2.